The Bertz CT molecular complexity index is 2480. The topological polar surface area (TPSA) is 143 Å². The molecule has 0 atom stereocenters. The van der Waals surface area contributed by atoms with Crippen molar-refractivity contribution in [1.29, 1.82) is 0 Å². The molecular formula is C39H38N8O2. The summed E-state index contributed by atoms with van der Waals surface area (Å²) in [6.07, 6.45) is 0.792. The van der Waals surface area contributed by atoms with Crippen LogP contribution in [0, 0.1) is 48.5 Å². The lowest BCUT2D eigenvalue weighted by Gasteiger charge is -2.08. The molecule has 49 heavy (non-hydrogen) atoms. The molecule has 0 saturated carbocycles. The molecule has 10 heteroatoms. The summed E-state index contributed by atoms with van der Waals surface area (Å²) in [6.45, 7) is 13.6. The van der Waals surface area contributed by atoms with Gasteiger partial charge in [0.25, 0.3) is 11.1 Å². The molecule has 3 aromatic carbocycles. The van der Waals surface area contributed by atoms with E-state index in [-0.39, 0.29) is 11.1 Å². The van der Waals surface area contributed by atoms with Crippen LogP contribution in [0.2, 0.25) is 0 Å². The molecule has 246 valence electrons. The Labute approximate surface area is 283 Å². The van der Waals surface area contributed by atoms with Crippen LogP contribution in [-0.4, -0.2) is 39.9 Å². The van der Waals surface area contributed by atoms with Crippen LogP contribution in [-0.2, 0) is 12.8 Å². The molecule has 0 bridgehead atoms. The van der Waals surface area contributed by atoms with Crippen molar-refractivity contribution < 1.29 is 0 Å². The summed E-state index contributed by atoms with van der Waals surface area (Å²) >= 11 is 0. The zero-order valence-electron chi connectivity index (χ0n) is 28.8. The number of nitrogens with zero attached hydrogens (tertiary/aromatic N) is 6. The molecule has 0 radical (unpaired) electrons. The van der Waals surface area contributed by atoms with Gasteiger partial charge in [0.1, 0.15) is 23.3 Å². The average Bonchev–Trinajstić information content (AvgIpc) is 3.03. The van der Waals surface area contributed by atoms with Gasteiger partial charge in [-0.1, -0.05) is 48.5 Å². The maximum Gasteiger partial charge on any atom is 0.254 e. The van der Waals surface area contributed by atoms with Crippen molar-refractivity contribution >= 4 is 21.8 Å². The average molecular weight is 651 g/mol. The number of hydrogen-bond acceptors (Lipinski definition) is 8. The Kier molecular flexibility index (Phi) is 9.22. The third kappa shape index (κ3) is 7.49. The first kappa shape index (κ1) is 33.0. The van der Waals surface area contributed by atoms with Crippen LogP contribution >= 0.6 is 0 Å². The van der Waals surface area contributed by atoms with Crippen molar-refractivity contribution in [3.05, 3.63) is 150 Å². The third-order valence-corrected chi connectivity index (χ3v) is 8.49. The van der Waals surface area contributed by atoms with Gasteiger partial charge >= 0.3 is 0 Å². The van der Waals surface area contributed by atoms with Gasteiger partial charge in [0.05, 0.1) is 29.6 Å². The van der Waals surface area contributed by atoms with E-state index in [1.165, 1.54) is 6.07 Å². The number of aromatic amines is 2. The summed E-state index contributed by atoms with van der Waals surface area (Å²) in [5.74, 6) is 2.48. The largest absolute Gasteiger partial charge is 0.310 e. The number of aromatic nitrogens is 8. The first-order chi connectivity index (χ1) is 23.4. The van der Waals surface area contributed by atoms with Gasteiger partial charge in [-0.05, 0) is 77.3 Å². The zero-order chi connectivity index (χ0) is 34.8. The molecule has 10 nitrogen and oxygen atoms in total. The van der Waals surface area contributed by atoms with E-state index in [1.54, 1.807) is 6.92 Å². The van der Waals surface area contributed by atoms with Gasteiger partial charge in [0, 0.05) is 45.0 Å². The van der Waals surface area contributed by atoms with Gasteiger partial charge in [0.15, 0.2) is 0 Å². The summed E-state index contributed by atoms with van der Waals surface area (Å²) in [6, 6.07) is 21.7. The summed E-state index contributed by atoms with van der Waals surface area (Å²) in [5, 5.41) is 2.09. The lowest BCUT2D eigenvalue weighted by Crippen LogP contribution is -2.17. The SMILES string of the molecule is Cc1ccc2c(C)nc(Cc3nc(-c4ccccc4C)cc(=O)[nH]3)nc2c1.Cc1ccc2c(C)nc(Cc3nc(C)c(C)c(=O)[nH]3)nc2c1. The molecule has 4 aromatic heterocycles. The van der Waals surface area contributed by atoms with Crippen molar-refractivity contribution in [3.8, 4) is 11.3 Å². The minimum Gasteiger partial charge on any atom is -0.310 e. The highest BCUT2D eigenvalue weighted by atomic mass is 16.1. The highest BCUT2D eigenvalue weighted by Crippen LogP contribution is 2.21. The van der Waals surface area contributed by atoms with E-state index in [9.17, 15) is 9.59 Å². The molecule has 7 aromatic rings. The minimum absolute atomic E-state index is 0.101. The fraction of sp³-hybridized carbons (Fsp3) is 0.231. The van der Waals surface area contributed by atoms with Gasteiger partial charge in [-0.2, -0.15) is 0 Å². The van der Waals surface area contributed by atoms with Crippen LogP contribution in [0.15, 0.2) is 76.3 Å². The van der Waals surface area contributed by atoms with Gasteiger partial charge < -0.3 is 9.97 Å². The monoisotopic (exact) mass is 650 g/mol. The lowest BCUT2D eigenvalue weighted by atomic mass is 10.1. The molecule has 0 amide bonds. The Morgan fingerprint density at radius 3 is 1.65 bits per heavy atom. The van der Waals surface area contributed by atoms with E-state index in [4.69, 9.17) is 0 Å². The van der Waals surface area contributed by atoms with E-state index in [0.29, 0.717) is 47.4 Å². The van der Waals surface area contributed by atoms with E-state index >= 15 is 0 Å². The molecule has 0 aliphatic carbocycles. The highest BCUT2D eigenvalue weighted by molar-refractivity contribution is 5.82. The number of fused-ring (bicyclic) bond motifs is 2. The van der Waals surface area contributed by atoms with Gasteiger partial charge in [-0.3, -0.25) is 9.59 Å². The molecule has 0 aliphatic heterocycles. The fourth-order valence-corrected chi connectivity index (χ4v) is 5.75. The zero-order valence-corrected chi connectivity index (χ0v) is 28.8. The molecule has 2 N–H and O–H groups in total. The number of aryl methyl sites for hydroxylation is 6. The molecule has 4 heterocycles. The molecule has 0 spiro atoms. The predicted molar refractivity (Wildman–Crippen MR) is 193 cm³/mol. The van der Waals surface area contributed by atoms with Crippen molar-refractivity contribution in [2.24, 2.45) is 0 Å². The smallest absolute Gasteiger partial charge is 0.254 e. The number of nitrogens with one attached hydrogen (secondary N) is 2. The van der Waals surface area contributed by atoms with Gasteiger partial charge in [0.2, 0.25) is 0 Å². The first-order valence-electron chi connectivity index (χ1n) is 16.1. The second-order valence-electron chi connectivity index (χ2n) is 12.5. The van der Waals surface area contributed by atoms with E-state index in [2.05, 4.69) is 52.0 Å². The Balaban J connectivity index is 0.000000174. The Morgan fingerprint density at radius 2 is 1.10 bits per heavy atom. The van der Waals surface area contributed by atoms with Crippen molar-refractivity contribution in [3.63, 3.8) is 0 Å². The number of H-pyrrole nitrogens is 2. The van der Waals surface area contributed by atoms with Crippen LogP contribution in [0.4, 0.5) is 0 Å². The number of hydrogen-bond donors (Lipinski definition) is 2. The summed E-state index contributed by atoms with van der Waals surface area (Å²) in [7, 11) is 0. The molecular weight excluding hydrogens is 612 g/mol. The van der Waals surface area contributed by atoms with Crippen LogP contribution in [0.5, 0.6) is 0 Å². The quantitative estimate of drug-likeness (QED) is 0.217. The fourth-order valence-electron chi connectivity index (χ4n) is 5.75. The Hall–Kier alpha value is -5.90. The maximum atomic E-state index is 12.2. The predicted octanol–water partition coefficient (Wildman–Crippen LogP) is 6.43. The van der Waals surface area contributed by atoms with Crippen molar-refractivity contribution in [1.82, 2.24) is 39.9 Å². The number of benzene rings is 3. The van der Waals surface area contributed by atoms with Gasteiger partial charge in [-0.15, -0.1) is 0 Å². The van der Waals surface area contributed by atoms with E-state index < -0.39 is 0 Å². The Morgan fingerprint density at radius 1 is 0.551 bits per heavy atom. The molecule has 7 rings (SSSR count). The summed E-state index contributed by atoms with van der Waals surface area (Å²) in [5.41, 5.74) is 9.83. The van der Waals surface area contributed by atoms with Crippen molar-refractivity contribution in [2.75, 3.05) is 0 Å². The minimum atomic E-state index is -0.174. The standard InChI is InChI=1S/C22H20N4O.C17H18N4O/c1-13-8-9-17-15(3)23-20(24-18(17)10-13)12-21-25-19(11-22(27)26-21)16-7-5-4-6-14(16)2;1-9-5-6-13-12(4)19-15(20-14(13)7-9)8-16-18-11(3)10(2)17(22)21-16/h4-11H,12H2,1-3H3,(H,25,26,27);5-7H,8H2,1-4H3,(H,18,21,22). The van der Waals surface area contributed by atoms with Crippen molar-refractivity contribution in [2.45, 2.75) is 61.3 Å². The summed E-state index contributed by atoms with van der Waals surface area (Å²) in [4.78, 5) is 57.1. The second kappa shape index (κ2) is 13.7. The highest BCUT2D eigenvalue weighted by Gasteiger charge is 2.12. The normalized spacial score (nSPS) is 11.1. The maximum absolute atomic E-state index is 12.2. The van der Waals surface area contributed by atoms with Gasteiger partial charge in [-0.25, -0.2) is 29.9 Å². The van der Waals surface area contributed by atoms with Crippen LogP contribution in [0.3, 0.4) is 0 Å². The van der Waals surface area contributed by atoms with Crippen LogP contribution in [0.1, 0.15) is 62.6 Å². The number of rotatable bonds is 5. The first-order valence-corrected chi connectivity index (χ1v) is 16.1. The van der Waals surface area contributed by atoms with E-state index in [1.807, 2.05) is 90.1 Å². The molecule has 0 saturated heterocycles. The van der Waals surface area contributed by atoms with Crippen LogP contribution < -0.4 is 11.1 Å². The lowest BCUT2D eigenvalue weighted by molar-refractivity contribution is 0.856. The summed E-state index contributed by atoms with van der Waals surface area (Å²) < 4.78 is 0. The van der Waals surface area contributed by atoms with E-state index in [0.717, 1.165) is 61.1 Å². The molecule has 0 unspecified atom stereocenters. The second-order valence-corrected chi connectivity index (χ2v) is 12.5. The van der Waals surface area contributed by atoms with Crippen LogP contribution in [0.25, 0.3) is 33.1 Å². The third-order valence-electron chi connectivity index (χ3n) is 8.49. The molecule has 0 aliphatic rings. The molecule has 0 fully saturated rings.